The van der Waals surface area contributed by atoms with Gasteiger partial charge in [0.15, 0.2) is 0 Å². The summed E-state index contributed by atoms with van der Waals surface area (Å²) in [5.41, 5.74) is 12.2. The first-order chi connectivity index (χ1) is 21.6. The van der Waals surface area contributed by atoms with E-state index in [9.17, 15) is 4.79 Å². The largest absolute Gasteiger partial charge is 0.404 e. The van der Waals surface area contributed by atoms with E-state index in [1.54, 1.807) is 13.1 Å². The highest BCUT2D eigenvalue weighted by Crippen LogP contribution is 2.37. The van der Waals surface area contributed by atoms with Crippen LogP contribution in [0.3, 0.4) is 0 Å². The van der Waals surface area contributed by atoms with Crippen molar-refractivity contribution in [3.8, 4) is 11.3 Å². The molecule has 4 aliphatic rings. The highest BCUT2D eigenvalue weighted by atomic mass is 16.5. The van der Waals surface area contributed by atoms with Crippen molar-refractivity contribution in [2.75, 3.05) is 45.9 Å². The van der Waals surface area contributed by atoms with Gasteiger partial charge in [0.2, 0.25) is 5.91 Å². The number of pyridine rings is 1. The van der Waals surface area contributed by atoms with Gasteiger partial charge in [0.25, 0.3) is 0 Å². The van der Waals surface area contributed by atoms with E-state index in [1.165, 1.54) is 18.5 Å². The molecule has 1 amide bonds. The zero-order chi connectivity index (χ0) is 30.0. The van der Waals surface area contributed by atoms with Crippen molar-refractivity contribution in [2.24, 2.45) is 10.7 Å². The Hall–Kier alpha value is -3.60. The van der Waals surface area contributed by atoms with Crippen molar-refractivity contribution in [2.45, 2.75) is 70.1 Å². The van der Waals surface area contributed by atoms with E-state index in [0.29, 0.717) is 24.7 Å². The van der Waals surface area contributed by atoms with E-state index in [1.807, 2.05) is 17.3 Å². The predicted octanol–water partition coefficient (Wildman–Crippen LogP) is 3.55. The zero-order valence-electron chi connectivity index (χ0n) is 25.8. The van der Waals surface area contributed by atoms with E-state index in [0.717, 1.165) is 110 Å². The van der Waals surface area contributed by atoms with Crippen LogP contribution in [-0.4, -0.2) is 94.7 Å². The monoisotopic (exact) mass is 596 g/mol. The molecule has 3 N–H and O–H groups in total. The molecule has 0 aliphatic carbocycles. The molecule has 4 aliphatic heterocycles. The number of aromatic nitrogens is 3. The standard InChI is InChI=1S/C34H44N8O2/c1-23(43)40-14-8-33-31(22-40)34(39-42(33)28-9-15-44-16-10-28)29-4-2-3-24-17-32(38-20-30(24)29)25(18-35)19-37-26-7-13-41(21-26)27-5-11-36-12-6-27/h2-4,17-20,26-28,36H,5-16,21-22,35H2,1H3/b25-18+,37-19?. The third-order valence-corrected chi connectivity index (χ3v) is 10.0. The van der Waals surface area contributed by atoms with Crippen molar-refractivity contribution >= 4 is 28.5 Å². The molecule has 10 heteroatoms. The highest BCUT2D eigenvalue weighted by Gasteiger charge is 2.31. The van der Waals surface area contributed by atoms with Gasteiger partial charge in [0, 0.05) is 105 Å². The number of fused-ring (bicyclic) bond motifs is 2. The van der Waals surface area contributed by atoms with Crippen LogP contribution in [0.1, 0.15) is 62.0 Å². The smallest absolute Gasteiger partial charge is 0.219 e. The average molecular weight is 597 g/mol. The number of hydrogen-bond donors (Lipinski definition) is 2. The first-order valence-corrected chi connectivity index (χ1v) is 16.3. The van der Waals surface area contributed by atoms with Gasteiger partial charge in [-0.1, -0.05) is 18.2 Å². The molecule has 3 aromatic rings. The number of carbonyl (C=O) groups excluding carboxylic acids is 1. The fourth-order valence-corrected chi connectivity index (χ4v) is 7.47. The van der Waals surface area contributed by atoms with E-state index in [2.05, 4.69) is 39.2 Å². The van der Waals surface area contributed by atoms with Gasteiger partial charge < -0.3 is 20.7 Å². The molecule has 232 valence electrons. The fraction of sp³-hybridized carbons (Fsp3) is 0.529. The number of benzene rings is 1. The lowest BCUT2D eigenvalue weighted by molar-refractivity contribution is -0.129. The molecule has 10 nitrogen and oxygen atoms in total. The number of piperidine rings is 1. The average Bonchev–Trinajstić information content (AvgIpc) is 3.70. The third kappa shape index (κ3) is 5.78. The second-order valence-corrected chi connectivity index (χ2v) is 12.7. The molecule has 1 aromatic carbocycles. The molecule has 3 saturated heterocycles. The maximum atomic E-state index is 12.4. The SMILES string of the molecule is CC(=O)N1CCc2c(c(-c3cccc4cc(/C(C=NC5CCN(C6CCNCC6)C5)=C/N)ncc34)nn2C2CCOCC2)C1. The summed E-state index contributed by atoms with van der Waals surface area (Å²) in [7, 11) is 0. The van der Waals surface area contributed by atoms with Gasteiger partial charge in [-0.3, -0.25) is 24.4 Å². The molecule has 1 atom stereocenters. The Kier molecular flexibility index (Phi) is 8.47. The second-order valence-electron chi connectivity index (χ2n) is 12.7. The van der Waals surface area contributed by atoms with Crippen molar-refractivity contribution < 1.29 is 9.53 Å². The van der Waals surface area contributed by atoms with E-state index in [-0.39, 0.29) is 5.91 Å². The minimum Gasteiger partial charge on any atom is -0.404 e. The molecule has 7 rings (SSSR count). The van der Waals surface area contributed by atoms with E-state index < -0.39 is 0 Å². The lowest BCUT2D eigenvalue weighted by Crippen LogP contribution is -2.42. The lowest BCUT2D eigenvalue weighted by Gasteiger charge is -2.31. The molecule has 0 bridgehead atoms. The molecular weight excluding hydrogens is 552 g/mol. The van der Waals surface area contributed by atoms with E-state index in [4.69, 9.17) is 25.5 Å². The van der Waals surface area contributed by atoms with Gasteiger partial charge >= 0.3 is 0 Å². The van der Waals surface area contributed by atoms with Gasteiger partial charge in [-0.15, -0.1) is 0 Å². The van der Waals surface area contributed by atoms with Crippen LogP contribution in [0, 0.1) is 0 Å². The number of nitrogens with one attached hydrogen (secondary N) is 1. The number of nitrogens with zero attached hydrogens (tertiary/aromatic N) is 6. The number of aliphatic imine (C=N–C) groups is 1. The van der Waals surface area contributed by atoms with Crippen LogP contribution in [0.2, 0.25) is 0 Å². The second kappa shape index (κ2) is 12.8. The van der Waals surface area contributed by atoms with Crippen LogP contribution >= 0.6 is 0 Å². The topological polar surface area (TPSA) is 114 Å². The molecule has 2 aromatic heterocycles. The summed E-state index contributed by atoms with van der Waals surface area (Å²) in [4.78, 5) is 26.7. The third-order valence-electron chi connectivity index (χ3n) is 10.0. The summed E-state index contributed by atoms with van der Waals surface area (Å²) in [6.45, 7) is 8.83. The Balaban J connectivity index is 1.16. The Labute approximate surface area is 259 Å². The molecule has 0 spiro atoms. The fourth-order valence-electron chi connectivity index (χ4n) is 7.47. The molecule has 6 heterocycles. The number of ether oxygens (including phenoxy) is 1. The van der Waals surface area contributed by atoms with Gasteiger partial charge in [0.05, 0.1) is 23.5 Å². The number of likely N-dealkylation sites (tertiary alicyclic amines) is 1. The maximum absolute atomic E-state index is 12.4. The van der Waals surface area contributed by atoms with Crippen molar-refractivity contribution in [1.82, 2.24) is 29.9 Å². The number of carbonyl (C=O) groups is 1. The first-order valence-electron chi connectivity index (χ1n) is 16.3. The van der Waals surface area contributed by atoms with Crippen molar-refractivity contribution in [3.63, 3.8) is 0 Å². The summed E-state index contributed by atoms with van der Waals surface area (Å²) < 4.78 is 7.89. The number of allylic oxidation sites excluding steroid dienone is 1. The molecule has 0 radical (unpaired) electrons. The molecule has 3 fully saturated rings. The predicted molar refractivity (Wildman–Crippen MR) is 173 cm³/mol. The summed E-state index contributed by atoms with van der Waals surface area (Å²) in [5.74, 6) is 0.101. The number of amides is 1. The zero-order valence-corrected chi connectivity index (χ0v) is 25.8. The normalized spacial score (nSPS) is 22.7. The quantitative estimate of drug-likeness (QED) is 0.419. The van der Waals surface area contributed by atoms with Crippen LogP contribution in [-0.2, 0) is 22.5 Å². The molecule has 0 saturated carbocycles. The molecule has 44 heavy (non-hydrogen) atoms. The molecule has 1 unspecified atom stereocenters. The van der Waals surface area contributed by atoms with Crippen molar-refractivity contribution in [1.29, 1.82) is 0 Å². The Morgan fingerprint density at radius 1 is 1.11 bits per heavy atom. The van der Waals surface area contributed by atoms with Crippen LogP contribution in [0.4, 0.5) is 0 Å². The summed E-state index contributed by atoms with van der Waals surface area (Å²) in [6.07, 6.45) is 11.7. The number of hydrogen-bond acceptors (Lipinski definition) is 8. The highest BCUT2D eigenvalue weighted by molar-refractivity contribution is 6.10. The summed E-state index contributed by atoms with van der Waals surface area (Å²) in [6, 6.07) is 9.72. The van der Waals surface area contributed by atoms with Crippen LogP contribution in [0.25, 0.3) is 27.6 Å². The Morgan fingerprint density at radius 3 is 2.75 bits per heavy atom. The van der Waals surface area contributed by atoms with Gasteiger partial charge in [-0.2, -0.15) is 5.10 Å². The number of nitrogens with two attached hydrogens (primary N) is 1. The first kappa shape index (κ1) is 29.1. The van der Waals surface area contributed by atoms with Gasteiger partial charge in [-0.25, -0.2) is 0 Å². The van der Waals surface area contributed by atoms with Gasteiger partial charge in [0.1, 0.15) is 0 Å². The van der Waals surface area contributed by atoms with Crippen LogP contribution < -0.4 is 11.1 Å². The summed E-state index contributed by atoms with van der Waals surface area (Å²) >= 11 is 0. The van der Waals surface area contributed by atoms with Gasteiger partial charge in [-0.05, 0) is 56.6 Å². The van der Waals surface area contributed by atoms with E-state index >= 15 is 0 Å². The minimum absolute atomic E-state index is 0.101. The molecular formula is C34H44N8O2. The maximum Gasteiger partial charge on any atom is 0.219 e. The van der Waals surface area contributed by atoms with Crippen LogP contribution in [0.15, 0.2) is 41.7 Å². The minimum atomic E-state index is 0.101. The Morgan fingerprint density at radius 2 is 1.95 bits per heavy atom. The van der Waals surface area contributed by atoms with Crippen molar-refractivity contribution in [3.05, 3.63) is 53.6 Å². The lowest BCUT2D eigenvalue weighted by atomic mass is 9.96. The summed E-state index contributed by atoms with van der Waals surface area (Å²) in [5, 5.41) is 10.8. The number of rotatable bonds is 6. The van der Waals surface area contributed by atoms with Crippen LogP contribution in [0.5, 0.6) is 0 Å². The Bertz CT molecular complexity index is 1570.